The molecule has 0 aromatic rings. The van der Waals surface area contributed by atoms with Crippen molar-refractivity contribution < 1.29 is 28.6 Å². The molecule has 6 heteroatoms. The summed E-state index contributed by atoms with van der Waals surface area (Å²) in [6, 6.07) is 0. The molecule has 0 radical (unpaired) electrons. The molecule has 0 unspecified atom stereocenters. The molecule has 0 aliphatic carbocycles. The highest BCUT2D eigenvalue weighted by Gasteiger charge is 2.19. The monoisotopic (exact) mass is 927 g/mol. The zero-order chi connectivity index (χ0) is 48.6. The number of ether oxygens (including phenoxy) is 3. The first-order valence-corrected chi connectivity index (χ1v) is 27.0. The summed E-state index contributed by atoms with van der Waals surface area (Å²) in [6.45, 7) is 6.38. The molecule has 0 N–H and O–H groups in total. The van der Waals surface area contributed by atoms with Gasteiger partial charge in [0.05, 0.1) is 0 Å². The van der Waals surface area contributed by atoms with E-state index in [1.54, 1.807) is 0 Å². The molecule has 0 heterocycles. The van der Waals surface area contributed by atoms with E-state index in [-0.39, 0.29) is 44.0 Å². The molecule has 0 fully saturated rings. The minimum Gasteiger partial charge on any atom is -0.462 e. The van der Waals surface area contributed by atoms with E-state index in [9.17, 15) is 14.4 Å². The summed E-state index contributed by atoms with van der Waals surface area (Å²) in [7, 11) is 0. The van der Waals surface area contributed by atoms with Crippen LogP contribution in [0.25, 0.3) is 0 Å². The van der Waals surface area contributed by atoms with Gasteiger partial charge in [0.2, 0.25) is 0 Å². The van der Waals surface area contributed by atoms with E-state index in [1.165, 1.54) is 70.6 Å². The van der Waals surface area contributed by atoms with Gasteiger partial charge in [0.1, 0.15) is 13.2 Å². The van der Waals surface area contributed by atoms with Crippen molar-refractivity contribution in [2.75, 3.05) is 13.2 Å². The van der Waals surface area contributed by atoms with Gasteiger partial charge in [0.25, 0.3) is 0 Å². The molecular weight excluding hydrogens is 829 g/mol. The van der Waals surface area contributed by atoms with Crippen LogP contribution in [0.15, 0.2) is 122 Å². The zero-order valence-electron chi connectivity index (χ0n) is 43.1. The van der Waals surface area contributed by atoms with E-state index in [0.29, 0.717) is 19.3 Å². The highest BCUT2D eigenvalue weighted by molar-refractivity contribution is 5.71. The molecule has 0 bridgehead atoms. The number of esters is 3. The van der Waals surface area contributed by atoms with Gasteiger partial charge in [-0.2, -0.15) is 0 Å². The first-order chi connectivity index (χ1) is 33.0. The Hall–Kier alpha value is -4.19. The van der Waals surface area contributed by atoms with Crippen LogP contribution in [-0.4, -0.2) is 37.2 Å². The number of hydrogen-bond acceptors (Lipinski definition) is 6. The van der Waals surface area contributed by atoms with Gasteiger partial charge in [-0.15, -0.1) is 0 Å². The Morgan fingerprint density at radius 2 is 0.597 bits per heavy atom. The lowest BCUT2D eigenvalue weighted by atomic mass is 10.1. The molecule has 0 amide bonds. The molecule has 67 heavy (non-hydrogen) atoms. The topological polar surface area (TPSA) is 78.9 Å². The van der Waals surface area contributed by atoms with Crippen LogP contribution in [0.5, 0.6) is 0 Å². The third kappa shape index (κ3) is 52.6. The van der Waals surface area contributed by atoms with Crippen LogP contribution in [0.1, 0.15) is 226 Å². The van der Waals surface area contributed by atoms with Gasteiger partial charge in [-0.25, -0.2) is 0 Å². The second-order valence-corrected chi connectivity index (χ2v) is 17.4. The maximum Gasteiger partial charge on any atom is 0.306 e. The third-order valence-electron chi connectivity index (χ3n) is 10.9. The molecule has 0 aliphatic rings. The molecular formula is C61H98O6. The Labute approximate surface area is 412 Å². The SMILES string of the molecule is CC/C=C\C/C=C\C/C=C\C/C=C\CCCCC(=O)O[C@@H](COC(=O)CCC/C=C\C/C=C\C/C=C\CCCCCCCC)COC(=O)CCCCCC/C=C\C/C=C\C/C=C\CCCCC. The Morgan fingerprint density at radius 1 is 0.313 bits per heavy atom. The summed E-state index contributed by atoms with van der Waals surface area (Å²) < 4.78 is 16.7. The number of allylic oxidation sites excluding steroid dienone is 20. The zero-order valence-corrected chi connectivity index (χ0v) is 43.1. The third-order valence-corrected chi connectivity index (χ3v) is 10.9. The normalized spacial score (nSPS) is 13.1. The van der Waals surface area contributed by atoms with Crippen LogP contribution in [-0.2, 0) is 28.6 Å². The van der Waals surface area contributed by atoms with E-state index in [1.807, 2.05) is 0 Å². The van der Waals surface area contributed by atoms with Crippen LogP contribution in [0.3, 0.4) is 0 Å². The Balaban J connectivity index is 4.58. The minimum atomic E-state index is -0.833. The molecule has 0 aromatic heterocycles. The minimum absolute atomic E-state index is 0.126. The Morgan fingerprint density at radius 3 is 1.03 bits per heavy atom. The molecule has 0 spiro atoms. The number of unbranched alkanes of at least 4 members (excludes halogenated alkanes) is 16. The largest absolute Gasteiger partial charge is 0.462 e. The lowest BCUT2D eigenvalue weighted by Gasteiger charge is -2.18. The van der Waals surface area contributed by atoms with Gasteiger partial charge in [-0.1, -0.05) is 200 Å². The summed E-state index contributed by atoms with van der Waals surface area (Å²) in [5, 5.41) is 0. The summed E-state index contributed by atoms with van der Waals surface area (Å²) >= 11 is 0. The van der Waals surface area contributed by atoms with Crippen LogP contribution in [0.4, 0.5) is 0 Å². The summed E-state index contributed by atoms with van der Waals surface area (Å²) in [4.78, 5) is 38.0. The number of carbonyl (C=O) groups excluding carboxylic acids is 3. The van der Waals surface area contributed by atoms with Crippen molar-refractivity contribution in [3.05, 3.63) is 122 Å². The van der Waals surface area contributed by atoms with Crippen LogP contribution in [0, 0.1) is 0 Å². The summed E-state index contributed by atoms with van der Waals surface area (Å²) in [5.41, 5.74) is 0. The first kappa shape index (κ1) is 62.8. The van der Waals surface area contributed by atoms with Crippen molar-refractivity contribution in [1.29, 1.82) is 0 Å². The van der Waals surface area contributed by atoms with E-state index in [4.69, 9.17) is 14.2 Å². The van der Waals surface area contributed by atoms with Crippen molar-refractivity contribution in [3.8, 4) is 0 Å². The van der Waals surface area contributed by atoms with Crippen molar-refractivity contribution in [3.63, 3.8) is 0 Å². The standard InChI is InChI=1S/C61H98O6/c1-4-7-10-13-16-19-22-25-28-30-33-35-38-41-44-47-50-53-59(62)65-56-58(67-61(64)55-52-49-46-43-40-37-32-27-24-21-18-15-12-9-6-3)57-66-60(63)54-51-48-45-42-39-36-34-31-29-26-23-20-17-14-11-8-5-2/h9,12,16,18-19,21,25-29,32-36,40,42-43,45,58H,4-8,10-11,13-15,17,20,22-24,30-31,37-39,41,44,46-57H2,1-3H3/b12-9-,19-16-,21-18-,28-25-,29-26-,32-27-,35-33-,36-34-,43-40-,45-42-/t58-/m1/s1. The first-order valence-electron chi connectivity index (χ1n) is 27.0. The highest BCUT2D eigenvalue weighted by atomic mass is 16.6. The van der Waals surface area contributed by atoms with Crippen molar-refractivity contribution >= 4 is 17.9 Å². The van der Waals surface area contributed by atoms with Crippen molar-refractivity contribution in [1.82, 2.24) is 0 Å². The predicted molar refractivity (Wildman–Crippen MR) is 288 cm³/mol. The quantitative estimate of drug-likeness (QED) is 0.0262. The fourth-order valence-electron chi connectivity index (χ4n) is 6.87. The summed E-state index contributed by atoms with van der Waals surface area (Å²) in [6.07, 6.45) is 74.7. The van der Waals surface area contributed by atoms with E-state index < -0.39 is 6.10 Å². The average molecular weight is 927 g/mol. The fourth-order valence-corrected chi connectivity index (χ4v) is 6.87. The molecule has 0 aliphatic heterocycles. The van der Waals surface area contributed by atoms with E-state index in [2.05, 4.69) is 142 Å². The molecule has 0 saturated carbocycles. The second kappa shape index (κ2) is 54.4. The second-order valence-electron chi connectivity index (χ2n) is 17.4. The lowest BCUT2D eigenvalue weighted by Crippen LogP contribution is -2.30. The maximum atomic E-state index is 12.8. The number of hydrogen-bond donors (Lipinski definition) is 0. The van der Waals surface area contributed by atoms with Gasteiger partial charge in [-0.05, 0) is 128 Å². The Kier molecular flexibility index (Phi) is 51.0. The molecule has 0 rings (SSSR count). The molecule has 1 atom stereocenters. The van der Waals surface area contributed by atoms with Gasteiger partial charge in [0.15, 0.2) is 6.10 Å². The summed E-state index contributed by atoms with van der Waals surface area (Å²) in [5.74, 6) is -1.05. The average Bonchev–Trinajstić information content (AvgIpc) is 3.33. The highest BCUT2D eigenvalue weighted by Crippen LogP contribution is 2.11. The van der Waals surface area contributed by atoms with Crippen molar-refractivity contribution in [2.45, 2.75) is 232 Å². The van der Waals surface area contributed by atoms with Gasteiger partial charge >= 0.3 is 17.9 Å². The molecule has 6 nitrogen and oxygen atoms in total. The predicted octanol–water partition coefficient (Wildman–Crippen LogP) is 18.1. The van der Waals surface area contributed by atoms with Gasteiger partial charge in [-0.3, -0.25) is 14.4 Å². The molecule has 0 saturated heterocycles. The van der Waals surface area contributed by atoms with E-state index >= 15 is 0 Å². The van der Waals surface area contributed by atoms with Gasteiger partial charge < -0.3 is 14.2 Å². The van der Waals surface area contributed by atoms with Crippen molar-refractivity contribution in [2.24, 2.45) is 0 Å². The lowest BCUT2D eigenvalue weighted by molar-refractivity contribution is -0.167. The number of carbonyl (C=O) groups is 3. The van der Waals surface area contributed by atoms with Gasteiger partial charge in [0, 0.05) is 19.3 Å². The van der Waals surface area contributed by atoms with Crippen LogP contribution < -0.4 is 0 Å². The van der Waals surface area contributed by atoms with E-state index in [0.717, 1.165) is 103 Å². The van der Waals surface area contributed by atoms with Crippen LogP contribution >= 0.6 is 0 Å². The maximum absolute atomic E-state index is 12.8. The number of rotatable bonds is 47. The Bertz CT molecular complexity index is 1440. The fraction of sp³-hybridized carbons (Fsp3) is 0.623. The smallest absolute Gasteiger partial charge is 0.306 e. The van der Waals surface area contributed by atoms with Crippen LogP contribution in [0.2, 0.25) is 0 Å². The molecule has 0 aromatic carbocycles. The molecule has 378 valence electrons.